The molecule has 2 amide bonds. The smallest absolute Gasteiger partial charge is 0.271 e. The number of hydrogen-bond donors (Lipinski definition) is 1. The largest absolute Gasteiger partial charge is 0.502 e. The number of rotatable bonds is 6. The zero-order valence-electron chi connectivity index (χ0n) is 24.1. The fourth-order valence-corrected chi connectivity index (χ4v) is 6.86. The Balaban J connectivity index is 1.43. The summed E-state index contributed by atoms with van der Waals surface area (Å²) < 4.78 is 10.5. The van der Waals surface area contributed by atoms with Gasteiger partial charge in [0.15, 0.2) is 23.1 Å². The molecular formula is C33H28N2O9. The molecule has 4 atom stereocenters. The van der Waals surface area contributed by atoms with E-state index in [2.05, 4.69) is 0 Å². The third-order valence-corrected chi connectivity index (χ3v) is 8.89. The Morgan fingerprint density at radius 3 is 2.39 bits per heavy atom. The molecule has 1 fully saturated rings. The number of anilines is 1. The molecule has 4 aliphatic rings. The summed E-state index contributed by atoms with van der Waals surface area (Å²) in [5, 5.41) is 21.7. The molecule has 0 radical (unpaired) electrons. The molecule has 2 aromatic rings. The van der Waals surface area contributed by atoms with Gasteiger partial charge in [-0.1, -0.05) is 29.9 Å². The topological polar surface area (TPSA) is 153 Å². The molecule has 1 N–H and O–H groups in total. The van der Waals surface area contributed by atoms with Gasteiger partial charge in [-0.3, -0.25) is 29.3 Å². The lowest BCUT2D eigenvalue weighted by molar-refractivity contribution is -0.384. The van der Waals surface area contributed by atoms with Gasteiger partial charge in [0.05, 0.1) is 36.7 Å². The maximum Gasteiger partial charge on any atom is 0.271 e. The Hall–Kier alpha value is -5.32. The van der Waals surface area contributed by atoms with Gasteiger partial charge < -0.3 is 14.6 Å². The molecule has 224 valence electrons. The number of benzene rings is 2. The summed E-state index contributed by atoms with van der Waals surface area (Å²) in [5.74, 6) is -4.03. The highest BCUT2D eigenvalue weighted by atomic mass is 16.6. The number of nitro groups is 1. The summed E-state index contributed by atoms with van der Waals surface area (Å²) in [4.78, 5) is 66.2. The number of amides is 2. The number of carbonyl (C=O) groups is 4. The van der Waals surface area contributed by atoms with E-state index in [4.69, 9.17) is 9.47 Å². The van der Waals surface area contributed by atoms with Crippen LogP contribution < -0.4 is 14.4 Å². The van der Waals surface area contributed by atoms with Gasteiger partial charge in [0, 0.05) is 34.8 Å². The SMILES string of the molecule is COc1cc(C=C[C@H]2C3=CC[C@@H]4C(=O)N(c5cccc([N+](=O)[O-])c5)C(=O)[C@@H]4[C@@H]3CC3=C2C(=O)C(C)=CC3=O)cc(OC)c1O. The van der Waals surface area contributed by atoms with E-state index < -0.39 is 40.4 Å². The minimum Gasteiger partial charge on any atom is -0.502 e. The second kappa shape index (κ2) is 10.7. The second-order valence-electron chi connectivity index (χ2n) is 11.2. The van der Waals surface area contributed by atoms with Gasteiger partial charge >= 0.3 is 0 Å². The van der Waals surface area contributed by atoms with Crippen LogP contribution in [0.15, 0.2) is 76.9 Å². The lowest BCUT2D eigenvalue weighted by Gasteiger charge is -2.41. The molecule has 0 aromatic heterocycles. The first-order valence-electron chi connectivity index (χ1n) is 14.0. The van der Waals surface area contributed by atoms with Crippen LogP contribution in [0.5, 0.6) is 17.2 Å². The number of ketones is 2. The van der Waals surface area contributed by atoms with Crippen LogP contribution >= 0.6 is 0 Å². The molecule has 1 heterocycles. The van der Waals surface area contributed by atoms with Crippen molar-refractivity contribution < 1.29 is 38.7 Å². The average molecular weight is 597 g/mol. The van der Waals surface area contributed by atoms with Crippen molar-refractivity contribution in [1.29, 1.82) is 0 Å². The predicted molar refractivity (Wildman–Crippen MR) is 158 cm³/mol. The van der Waals surface area contributed by atoms with E-state index in [-0.39, 0.29) is 53.0 Å². The van der Waals surface area contributed by atoms with E-state index in [1.807, 2.05) is 6.08 Å². The summed E-state index contributed by atoms with van der Waals surface area (Å²) in [6.45, 7) is 1.59. The summed E-state index contributed by atoms with van der Waals surface area (Å²) in [7, 11) is 2.82. The second-order valence-corrected chi connectivity index (χ2v) is 11.2. The Kier molecular flexibility index (Phi) is 7.03. The monoisotopic (exact) mass is 596 g/mol. The molecule has 11 nitrogen and oxygen atoms in total. The Bertz CT molecular complexity index is 1770. The van der Waals surface area contributed by atoms with Crippen molar-refractivity contribution in [3.05, 3.63) is 92.6 Å². The van der Waals surface area contributed by atoms with Gasteiger partial charge in [0.1, 0.15) is 0 Å². The number of fused-ring (bicyclic) bond motifs is 3. The molecule has 2 aromatic carbocycles. The van der Waals surface area contributed by atoms with E-state index in [0.717, 1.165) is 10.5 Å². The van der Waals surface area contributed by atoms with Crippen molar-refractivity contribution in [1.82, 2.24) is 0 Å². The van der Waals surface area contributed by atoms with E-state index in [1.165, 1.54) is 44.6 Å². The standard InChI is InChI=1S/C33H28N2O9/c1-16-11-25(36)24-15-23-20(21(28(24)30(16)37)8-7-17-12-26(43-2)31(38)27(13-17)44-3)9-10-22-29(23)33(40)34(32(22)39)18-5-4-6-19(14-18)35(41)42/h4-9,11-14,21-23,29,38H,10,15H2,1-3H3/t21-,22-,23+,29-/m0/s1. The molecule has 6 rings (SSSR count). The predicted octanol–water partition coefficient (Wildman–Crippen LogP) is 4.50. The number of allylic oxidation sites excluding steroid dienone is 7. The van der Waals surface area contributed by atoms with Crippen LogP contribution in [0, 0.1) is 33.8 Å². The number of carbonyl (C=O) groups excluding carboxylic acids is 4. The van der Waals surface area contributed by atoms with Crippen LogP contribution in [0.3, 0.4) is 0 Å². The summed E-state index contributed by atoms with van der Waals surface area (Å²) in [6, 6.07) is 8.60. The average Bonchev–Trinajstić information content (AvgIpc) is 3.27. The first-order valence-corrected chi connectivity index (χ1v) is 14.0. The molecule has 1 aliphatic heterocycles. The molecule has 0 saturated carbocycles. The molecular weight excluding hydrogens is 568 g/mol. The molecule has 3 aliphatic carbocycles. The highest BCUT2D eigenvalue weighted by molar-refractivity contribution is 6.24. The minimum atomic E-state index is -0.810. The van der Waals surface area contributed by atoms with Crippen molar-refractivity contribution in [3.8, 4) is 17.2 Å². The summed E-state index contributed by atoms with van der Waals surface area (Å²) in [5.41, 5.74) is 2.21. The van der Waals surface area contributed by atoms with Gasteiger partial charge in [-0.15, -0.1) is 0 Å². The number of phenols is 1. The maximum atomic E-state index is 14.0. The normalized spacial score (nSPS) is 24.6. The summed E-state index contributed by atoms with van der Waals surface area (Å²) >= 11 is 0. The van der Waals surface area contributed by atoms with Crippen molar-refractivity contribution in [2.75, 3.05) is 19.1 Å². The van der Waals surface area contributed by atoms with Crippen LogP contribution in [0.2, 0.25) is 0 Å². The van der Waals surface area contributed by atoms with Crippen LogP contribution in [-0.4, -0.2) is 47.6 Å². The number of nitrogens with zero attached hydrogens (tertiary/aromatic N) is 2. The third kappa shape index (κ3) is 4.43. The number of ether oxygens (including phenoxy) is 2. The molecule has 0 spiro atoms. The molecule has 11 heteroatoms. The van der Waals surface area contributed by atoms with Gasteiger partial charge in [-0.05, 0) is 55.5 Å². The number of hydrogen-bond acceptors (Lipinski definition) is 9. The van der Waals surface area contributed by atoms with Crippen LogP contribution in [0.25, 0.3) is 6.08 Å². The number of non-ortho nitro benzene ring substituents is 1. The van der Waals surface area contributed by atoms with Crippen molar-refractivity contribution in [2.24, 2.45) is 23.7 Å². The van der Waals surface area contributed by atoms with Crippen molar-refractivity contribution in [2.45, 2.75) is 19.8 Å². The van der Waals surface area contributed by atoms with Gasteiger partial charge in [-0.25, -0.2) is 4.90 Å². The fraction of sp³-hybridized carbons (Fsp3) is 0.273. The van der Waals surface area contributed by atoms with E-state index in [9.17, 15) is 34.4 Å². The zero-order chi connectivity index (χ0) is 31.4. The van der Waals surface area contributed by atoms with Crippen LogP contribution in [0.4, 0.5) is 11.4 Å². The highest BCUT2D eigenvalue weighted by Gasteiger charge is 2.56. The maximum absolute atomic E-state index is 14.0. The number of nitro benzene ring substituents is 1. The lowest BCUT2D eigenvalue weighted by Crippen LogP contribution is -2.40. The van der Waals surface area contributed by atoms with Crippen LogP contribution in [0.1, 0.15) is 25.3 Å². The van der Waals surface area contributed by atoms with E-state index in [0.29, 0.717) is 22.3 Å². The van der Waals surface area contributed by atoms with Gasteiger partial charge in [0.25, 0.3) is 5.69 Å². The first-order chi connectivity index (χ1) is 21.0. The summed E-state index contributed by atoms with van der Waals surface area (Å²) in [6.07, 6.45) is 7.06. The molecule has 44 heavy (non-hydrogen) atoms. The van der Waals surface area contributed by atoms with Crippen LogP contribution in [-0.2, 0) is 19.2 Å². The zero-order valence-corrected chi connectivity index (χ0v) is 24.1. The third-order valence-electron chi connectivity index (χ3n) is 8.89. The quantitative estimate of drug-likeness (QED) is 0.167. The van der Waals surface area contributed by atoms with E-state index >= 15 is 0 Å². The highest BCUT2D eigenvalue weighted by Crippen LogP contribution is 2.53. The number of phenolic OH excluding ortho intramolecular Hbond substituents is 1. The Morgan fingerprint density at radius 2 is 1.73 bits per heavy atom. The molecule has 0 bridgehead atoms. The van der Waals surface area contributed by atoms with Crippen molar-refractivity contribution >= 4 is 40.8 Å². The number of methoxy groups -OCH3 is 2. The lowest BCUT2D eigenvalue weighted by atomic mass is 9.60. The fourth-order valence-electron chi connectivity index (χ4n) is 6.86. The first kappa shape index (κ1) is 28.8. The van der Waals surface area contributed by atoms with Crippen molar-refractivity contribution in [3.63, 3.8) is 0 Å². The van der Waals surface area contributed by atoms with Gasteiger partial charge in [-0.2, -0.15) is 0 Å². The molecule has 1 saturated heterocycles. The number of aromatic hydroxyl groups is 1. The Labute approximate surface area is 251 Å². The van der Waals surface area contributed by atoms with E-state index in [1.54, 1.807) is 31.2 Å². The number of Topliss-reactive ketones (excluding diaryl/α,β-unsaturated/α-hetero) is 1. The molecule has 0 unspecified atom stereocenters. The van der Waals surface area contributed by atoms with Gasteiger partial charge in [0.2, 0.25) is 17.6 Å². The number of imide groups is 1. The Morgan fingerprint density at radius 1 is 1.02 bits per heavy atom. The minimum absolute atomic E-state index is 0.115.